The molecule has 3 aromatic carbocycles. The second-order valence-corrected chi connectivity index (χ2v) is 7.79. The first-order valence-corrected chi connectivity index (χ1v) is 11.2. The molecule has 3 rings (SSSR count). The molecule has 0 saturated carbocycles. The number of hydrogen-bond acceptors (Lipinski definition) is 5. The summed E-state index contributed by atoms with van der Waals surface area (Å²) in [5, 5.41) is 7.96. The minimum Gasteiger partial charge on any atom is -0.497 e. The van der Waals surface area contributed by atoms with Crippen LogP contribution in [0.4, 0.5) is 4.79 Å². The molecule has 0 aliphatic rings. The lowest BCUT2D eigenvalue weighted by molar-refractivity contribution is -0.127. The maximum Gasteiger partial charge on any atom is 0.408 e. The zero-order chi connectivity index (χ0) is 24.9. The molecule has 3 amide bonds. The summed E-state index contributed by atoms with van der Waals surface area (Å²) in [6.45, 7) is 0.178. The van der Waals surface area contributed by atoms with Gasteiger partial charge in [0.1, 0.15) is 18.4 Å². The van der Waals surface area contributed by atoms with Crippen LogP contribution in [0.1, 0.15) is 16.7 Å². The minimum absolute atomic E-state index is 0.0834. The van der Waals surface area contributed by atoms with Gasteiger partial charge in [0.15, 0.2) is 0 Å². The van der Waals surface area contributed by atoms with E-state index in [1.165, 1.54) is 0 Å². The SMILES string of the molecule is COc1ccc(CNC(=O)CNC(=O)C(Cc2ccccc2)NC(=O)OCc2ccccc2)cc1. The molecule has 0 aromatic heterocycles. The number of carbonyl (C=O) groups excluding carboxylic acids is 3. The van der Waals surface area contributed by atoms with Crippen LogP contribution in [0.5, 0.6) is 5.75 Å². The van der Waals surface area contributed by atoms with Gasteiger partial charge in [0, 0.05) is 13.0 Å². The van der Waals surface area contributed by atoms with Crippen molar-refractivity contribution in [3.63, 3.8) is 0 Å². The van der Waals surface area contributed by atoms with E-state index in [4.69, 9.17) is 9.47 Å². The van der Waals surface area contributed by atoms with Gasteiger partial charge in [-0.25, -0.2) is 4.79 Å². The molecule has 0 radical (unpaired) electrons. The van der Waals surface area contributed by atoms with Crippen LogP contribution in [-0.4, -0.2) is 37.6 Å². The summed E-state index contributed by atoms with van der Waals surface area (Å²) in [6, 6.07) is 24.9. The summed E-state index contributed by atoms with van der Waals surface area (Å²) < 4.78 is 10.4. The smallest absolute Gasteiger partial charge is 0.408 e. The average Bonchev–Trinajstić information content (AvgIpc) is 2.90. The van der Waals surface area contributed by atoms with Crippen molar-refractivity contribution < 1.29 is 23.9 Å². The molecular formula is C27H29N3O5. The Morgan fingerprint density at radius 3 is 2.03 bits per heavy atom. The molecule has 35 heavy (non-hydrogen) atoms. The summed E-state index contributed by atoms with van der Waals surface area (Å²) in [4.78, 5) is 37.4. The van der Waals surface area contributed by atoms with Crippen molar-refractivity contribution in [2.24, 2.45) is 0 Å². The normalized spacial score (nSPS) is 11.1. The van der Waals surface area contributed by atoms with E-state index >= 15 is 0 Å². The van der Waals surface area contributed by atoms with Crippen LogP contribution in [0, 0.1) is 0 Å². The third-order valence-electron chi connectivity index (χ3n) is 5.18. The fourth-order valence-electron chi connectivity index (χ4n) is 3.26. The van der Waals surface area contributed by atoms with Crippen LogP contribution < -0.4 is 20.7 Å². The molecule has 0 saturated heterocycles. The highest BCUT2D eigenvalue weighted by Gasteiger charge is 2.22. The Hall–Kier alpha value is -4.33. The zero-order valence-electron chi connectivity index (χ0n) is 19.5. The first-order chi connectivity index (χ1) is 17.0. The van der Waals surface area contributed by atoms with E-state index in [0.717, 1.165) is 22.4 Å². The molecule has 1 unspecified atom stereocenters. The van der Waals surface area contributed by atoms with Crippen molar-refractivity contribution in [3.8, 4) is 5.75 Å². The number of benzene rings is 3. The molecule has 3 N–H and O–H groups in total. The number of ether oxygens (including phenoxy) is 2. The Morgan fingerprint density at radius 1 is 0.771 bits per heavy atom. The van der Waals surface area contributed by atoms with Gasteiger partial charge >= 0.3 is 6.09 Å². The van der Waals surface area contributed by atoms with Crippen molar-refractivity contribution in [1.29, 1.82) is 0 Å². The third kappa shape index (κ3) is 8.85. The van der Waals surface area contributed by atoms with Crippen molar-refractivity contribution in [2.45, 2.75) is 25.6 Å². The Bertz CT molecular complexity index is 1090. The van der Waals surface area contributed by atoms with Crippen LogP contribution in [0.25, 0.3) is 0 Å². The molecule has 0 fully saturated rings. The topological polar surface area (TPSA) is 106 Å². The van der Waals surface area contributed by atoms with Crippen molar-refractivity contribution in [1.82, 2.24) is 16.0 Å². The number of methoxy groups -OCH3 is 1. The lowest BCUT2D eigenvalue weighted by Gasteiger charge is -2.18. The maximum atomic E-state index is 12.8. The Morgan fingerprint density at radius 2 is 1.40 bits per heavy atom. The van der Waals surface area contributed by atoms with E-state index in [0.29, 0.717) is 6.54 Å². The highest BCUT2D eigenvalue weighted by molar-refractivity contribution is 5.89. The van der Waals surface area contributed by atoms with Crippen LogP contribution in [-0.2, 0) is 33.9 Å². The first-order valence-electron chi connectivity index (χ1n) is 11.2. The number of amides is 3. The molecule has 182 valence electrons. The van der Waals surface area contributed by atoms with E-state index in [2.05, 4.69) is 16.0 Å². The van der Waals surface area contributed by atoms with Crippen LogP contribution in [0.2, 0.25) is 0 Å². The first kappa shape index (κ1) is 25.3. The second kappa shape index (κ2) is 13.4. The molecule has 0 aliphatic carbocycles. The predicted octanol–water partition coefficient (Wildman–Crippen LogP) is 2.97. The standard InChI is InChI=1S/C27H29N3O5/c1-34-23-14-12-21(13-15-23)17-28-25(31)18-29-26(32)24(16-20-8-4-2-5-9-20)30-27(33)35-19-22-10-6-3-7-11-22/h2-15,24H,16-19H2,1H3,(H,28,31)(H,29,32)(H,30,33). The number of rotatable bonds is 11. The van der Waals surface area contributed by atoms with Crippen molar-refractivity contribution in [2.75, 3.05) is 13.7 Å². The summed E-state index contributed by atoms with van der Waals surface area (Å²) in [6.07, 6.45) is -0.463. The van der Waals surface area contributed by atoms with E-state index < -0.39 is 18.0 Å². The molecule has 8 heteroatoms. The Balaban J connectivity index is 1.51. The second-order valence-electron chi connectivity index (χ2n) is 7.79. The summed E-state index contributed by atoms with van der Waals surface area (Å²) >= 11 is 0. The Kier molecular flexibility index (Phi) is 9.68. The quantitative estimate of drug-likeness (QED) is 0.395. The third-order valence-corrected chi connectivity index (χ3v) is 5.18. The number of carbonyl (C=O) groups is 3. The molecule has 0 spiro atoms. The van der Waals surface area contributed by atoms with Gasteiger partial charge < -0.3 is 25.4 Å². The summed E-state index contributed by atoms with van der Waals surface area (Å²) in [5.74, 6) is -0.101. The van der Waals surface area contributed by atoms with Gasteiger partial charge in [-0.3, -0.25) is 9.59 Å². The van der Waals surface area contributed by atoms with Gasteiger partial charge in [0.2, 0.25) is 11.8 Å². The molecule has 0 bridgehead atoms. The monoisotopic (exact) mass is 475 g/mol. The molecule has 0 aliphatic heterocycles. The fraction of sp³-hybridized carbons (Fsp3) is 0.222. The lowest BCUT2D eigenvalue weighted by Crippen LogP contribution is -2.50. The van der Waals surface area contributed by atoms with Crippen LogP contribution in [0.3, 0.4) is 0 Å². The van der Waals surface area contributed by atoms with E-state index in [1.807, 2.05) is 72.8 Å². The largest absolute Gasteiger partial charge is 0.497 e. The number of alkyl carbamates (subject to hydrolysis) is 1. The highest BCUT2D eigenvalue weighted by Crippen LogP contribution is 2.11. The highest BCUT2D eigenvalue weighted by atomic mass is 16.5. The van der Waals surface area contributed by atoms with Gasteiger partial charge in [-0.05, 0) is 28.8 Å². The van der Waals surface area contributed by atoms with E-state index in [-0.39, 0.29) is 25.5 Å². The van der Waals surface area contributed by atoms with Gasteiger partial charge in [-0.1, -0.05) is 72.8 Å². The van der Waals surface area contributed by atoms with Crippen molar-refractivity contribution >= 4 is 17.9 Å². The number of hydrogen-bond donors (Lipinski definition) is 3. The molecule has 1 atom stereocenters. The van der Waals surface area contributed by atoms with Gasteiger partial charge in [-0.15, -0.1) is 0 Å². The van der Waals surface area contributed by atoms with Gasteiger partial charge in [-0.2, -0.15) is 0 Å². The Labute approximate surface area is 204 Å². The molecule has 3 aromatic rings. The maximum absolute atomic E-state index is 12.8. The van der Waals surface area contributed by atoms with Gasteiger partial charge in [0.05, 0.1) is 13.7 Å². The van der Waals surface area contributed by atoms with Crippen molar-refractivity contribution in [3.05, 3.63) is 102 Å². The van der Waals surface area contributed by atoms with E-state index in [1.54, 1.807) is 19.2 Å². The summed E-state index contributed by atoms with van der Waals surface area (Å²) in [7, 11) is 1.59. The van der Waals surface area contributed by atoms with Gasteiger partial charge in [0.25, 0.3) is 0 Å². The molecule has 8 nitrogen and oxygen atoms in total. The lowest BCUT2D eigenvalue weighted by atomic mass is 10.1. The summed E-state index contributed by atoms with van der Waals surface area (Å²) in [5.41, 5.74) is 2.59. The fourth-order valence-corrected chi connectivity index (χ4v) is 3.26. The van der Waals surface area contributed by atoms with E-state index in [9.17, 15) is 14.4 Å². The van der Waals surface area contributed by atoms with Crippen LogP contribution >= 0.6 is 0 Å². The van der Waals surface area contributed by atoms with Crippen LogP contribution in [0.15, 0.2) is 84.9 Å². The predicted molar refractivity (Wildman–Crippen MR) is 132 cm³/mol. The molecule has 0 heterocycles. The molecular weight excluding hydrogens is 446 g/mol. The zero-order valence-corrected chi connectivity index (χ0v) is 19.5. The minimum atomic E-state index is -0.907. The number of nitrogens with one attached hydrogen (secondary N) is 3. The average molecular weight is 476 g/mol.